The maximum Gasteiger partial charge on any atom is 0.308 e. The molecular weight excluding hydrogens is 284 g/mol. The molecule has 0 aromatic heterocycles. The highest BCUT2D eigenvalue weighted by Gasteiger charge is 2.33. The number of hydrogen-bond donors (Lipinski definition) is 1. The maximum absolute atomic E-state index is 11.2. The molecular formula is C17H14O5. The van der Waals surface area contributed by atoms with E-state index in [2.05, 4.69) is 0 Å². The molecule has 3 rings (SSSR count). The lowest BCUT2D eigenvalue weighted by Gasteiger charge is -2.13. The molecule has 0 heterocycles. The second-order valence-corrected chi connectivity index (χ2v) is 5.02. The highest BCUT2D eigenvalue weighted by molar-refractivity contribution is 5.84. The van der Waals surface area contributed by atoms with Gasteiger partial charge in [0.2, 0.25) is 0 Å². The lowest BCUT2D eigenvalue weighted by molar-refractivity contribution is -0.132. The van der Waals surface area contributed by atoms with Crippen molar-refractivity contribution in [3.05, 3.63) is 47.5 Å². The van der Waals surface area contributed by atoms with Crippen LogP contribution in [0.1, 0.15) is 31.1 Å². The van der Waals surface area contributed by atoms with Crippen LogP contribution in [0.15, 0.2) is 36.4 Å². The second kappa shape index (κ2) is 5.27. The summed E-state index contributed by atoms with van der Waals surface area (Å²) in [6.07, 6.45) is -1.02. The summed E-state index contributed by atoms with van der Waals surface area (Å²) >= 11 is 0. The first-order valence-corrected chi connectivity index (χ1v) is 6.80. The third-order valence-corrected chi connectivity index (χ3v) is 3.48. The van der Waals surface area contributed by atoms with Gasteiger partial charge < -0.3 is 14.6 Å². The molecule has 5 nitrogen and oxygen atoms in total. The second-order valence-electron chi connectivity index (χ2n) is 5.02. The van der Waals surface area contributed by atoms with Crippen LogP contribution in [0.25, 0.3) is 11.1 Å². The number of benzene rings is 2. The van der Waals surface area contributed by atoms with Crippen LogP contribution in [0, 0.1) is 0 Å². The number of carbonyl (C=O) groups is 2. The molecule has 0 fully saturated rings. The van der Waals surface area contributed by atoms with Gasteiger partial charge in [0.25, 0.3) is 0 Å². The predicted molar refractivity (Wildman–Crippen MR) is 78.6 cm³/mol. The Morgan fingerprint density at radius 2 is 1.27 bits per heavy atom. The van der Waals surface area contributed by atoms with Gasteiger partial charge in [-0.2, -0.15) is 0 Å². The third-order valence-electron chi connectivity index (χ3n) is 3.48. The van der Waals surface area contributed by atoms with Gasteiger partial charge in [0, 0.05) is 25.0 Å². The fourth-order valence-electron chi connectivity index (χ4n) is 2.75. The summed E-state index contributed by atoms with van der Waals surface area (Å²) in [5, 5.41) is 10.6. The van der Waals surface area contributed by atoms with Crippen molar-refractivity contribution in [2.75, 3.05) is 0 Å². The normalized spacial score (nSPS) is 12.5. The molecule has 1 aliphatic rings. The van der Waals surface area contributed by atoms with E-state index in [0.717, 1.165) is 11.1 Å². The fraction of sp³-hybridized carbons (Fsp3) is 0.176. The van der Waals surface area contributed by atoms with Gasteiger partial charge in [-0.15, -0.1) is 0 Å². The van der Waals surface area contributed by atoms with Gasteiger partial charge >= 0.3 is 11.9 Å². The van der Waals surface area contributed by atoms with Crippen molar-refractivity contribution in [2.24, 2.45) is 0 Å². The average Bonchev–Trinajstić information content (AvgIpc) is 2.73. The number of aliphatic hydroxyl groups is 1. The van der Waals surface area contributed by atoms with Crippen molar-refractivity contribution in [3.8, 4) is 22.6 Å². The number of carbonyl (C=O) groups excluding carboxylic acids is 2. The largest absolute Gasteiger partial charge is 0.426 e. The minimum atomic E-state index is -1.02. The summed E-state index contributed by atoms with van der Waals surface area (Å²) in [6, 6.07) is 10.4. The Morgan fingerprint density at radius 1 is 0.864 bits per heavy atom. The number of fused-ring (bicyclic) bond motifs is 3. The van der Waals surface area contributed by atoms with Crippen molar-refractivity contribution in [2.45, 2.75) is 20.0 Å². The molecule has 0 bridgehead atoms. The quantitative estimate of drug-likeness (QED) is 0.681. The van der Waals surface area contributed by atoms with E-state index in [0.29, 0.717) is 22.6 Å². The molecule has 112 valence electrons. The van der Waals surface area contributed by atoms with Gasteiger partial charge in [-0.1, -0.05) is 24.3 Å². The first-order chi connectivity index (χ1) is 10.5. The van der Waals surface area contributed by atoms with Crippen LogP contribution < -0.4 is 9.47 Å². The van der Waals surface area contributed by atoms with Crippen LogP contribution in [-0.2, 0) is 9.59 Å². The van der Waals surface area contributed by atoms with Crippen LogP contribution in [0.4, 0.5) is 0 Å². The van der Waals surface area contributed by atoms with Gasteiger partial charge in [-0.3, -0.25) is 9.59 Å². The van der Waals surface area contributed by atoms with Crippen molar-refractivity contribution in [3.63, 3.8) is 0 Å². The SMILES string of the molecule is CC(=O)Oc1cccc2c1C(O)c1c(OC(C)=O)cccc1-2. The molecule has 2 aromatic carbocycles. The number of esters is 2. The number of ether oxygens (including phenoxy) is 2. The number of aliphatic hydroxyl groups excluding tert-OH is 1. The standard InChI is InChI=1S/C17H14O5/c1-9(18)21-13-7-3-5-11-12-6-4-8-14(22-10(2)19)16(12)17(20)15(11)13/h3-8,17,20H,1-2H3. The molecule has 0 unspecified atom stereocenters. The number of hydrogen-bond acceptors (Lipinski definition) is 5. The van der Waals surface area contributed by atoms with E-state index in [1.165, 1.54) is 13.8 Å². The van der Waals surface area contributed by atoms with Crippen molar-refractivity contribution >= 4 is 11.9 Å². The summed E-state index contributed by atoms with van der Waals surface area (Å²) < 4.78 is 10.3. The molecule has 0 radical (unpaired) electrons. The highest BCUT2D eigenvalue weighted by atomic mass is 16.5. The summed E-state index contributed by atoms with van der Waals surface area (Å²) in [5.41, 5.74) is 2.53. The minimum absolute atomic E-state index is 0.308. The van der Waals surface area contributed by atoms with Crippen LogP contribution in [0.3, 0.4) is 0 Å². The summed E-state index contributed by atoms with van der Waals surface area (Å²) in [7, 11) is 0. The molecule has 2 aromatic rings. The molecule has 0 aliphatic heterocycles. The molecule has 0 saturated carbocycles. The van der Waals surface area contributed by atoms with Gasteiger partial charge in [-0.25, -0.2) is 0 Å². The average molecular weight is 298 g/mol. The first-order valence-electron chi connectivity index (χ1n) is 6.80. The highest BCUT2D eigenvalue weighted by Crippen LogP contribution is 2.50. The molecule has 22 heavy (non-hydrogen) atoms. The topological polar surface area (TPSA) is 72.8 Å². The van der Waals surface area contributed by atoms with E-state index >= 15 is 0 Å². The summed E-state index contributed by atoms with van der Waals surface area (Å²) in [5.74, 6) is -0.307. The predicted octanol–water partition coefficient (Wildman–Crippen LogP) is 2.60. The Labute approximate surface area is 127 Å². The molecule has 0 spiro atoms. The molecule has 0 atom stereocenters. The Kier molecular flexibility index (Phi) is 3.42. The van der Waals surface area contributed by atoms with Crippen molar-refractivity contribution in [1.82, 2.24) is 0 Å². The van der Waals surface area contributed by atoms with E-state index < -0.39 is 18.0 Å². The fourth-order valence-corrected chi connectivity index (χ4v) is 2.75. The van der Waals surface area contributed by atoms with E-state index in [-0.39, 0.29) is 0 Å². The Hall–Kier alpha value is -2.66. The van der Waals surface area contributed by atoms with Crippen LogP contribution >= 0.6 is 0 Å². The molecule has 5 heteroatoms. The van der Waals surface area contributed by atoms with E-state index in [1.807, 2.05) is 12.1 Å². The summed E-state index contributed by atoms with van der Waals surface area (Å²) in [6.45, 7) is 2.61. The van der Waals surface area contributed by atoms with Gasteiger partial charge in [0.1, 0.15) is 17.6 Å². The van der Waals surface area contributed by atoms with Crippen LogP contribution in [0.5, 0.6) is 11.5 Å². The van der Waals surface area contributed by atoms with E-state index in [9.17, 15) is 14.7 Å². The van der Waals surface area contributed by atoms with Crippen molar-refractivity contribution < 1.29 is 24.2 Å². The van der Waals surface area contributed by atoms with Crippen LogP contribution in [-0.4, -0.2) is 17.0 Å². The maximum atomic E-state index is 11.2. The smallest absolute Gasteiger partial charge is 0.308 e. The third kappa shape index (κ3) is 2.25. The van der Waals surface area contributed by atoms with Crippen molar-refractivity contribution in [1.29, 1.82) is 0 Å². The van der Waals surface area contributed by atoms with Gasteiger partial charge in [0.05, 0.1) is 0 Å². The minimum Gasteiger partial charge on any atom is -0.426 e. The van der Waals surface area contributed by atoms with E-state index in [4.69, 9.17) is 9.47 Å². The van der Waals surface area contributed by atoms with Gasteiger partial charge in [0.15, 0.2) is 0 Å². The number of rotatable bonds is 2. The lowest BCUT2D eigenvalue weighted by Crippen LogP contribution is -2.07. The zero-order chi connectivity index (χ0) is 15.9. The molecule has 0 amide bonds. The molecule has 1 N–H and O–H groups in total. The monoisotopic (exact) mass is 298 g/mol. The zero-order valence-corrected chi connectivity index (χ0v) is 12.1. The molecule has 1 aliphatic carbocycles. The Morgan fingerprint density at radius 3 is 1.64 bits per heavy atom. The Bertz CT molecular complexity index is 713. The lowest BCUT2D eigenvalue weighted by atomic mass is 10.1. The van der Waals surface area contributed by atoms with Crippen LogP contribution in [0.2, 0.25) is 0 Å². The Balaban J connectivity index is 2.17. The first kappa shape index (κ1) is 14.3. The molecule has 0 saturated heterocycles. The zero-order valence-electron chi connectivity index (χ0n) is 12.1. The van der Waals surface area contributed by atoms with E-state index in [1.54, 1.807) is 24.3 Å². The van der Waals surface area contributed by atoms with Gasteiger partial charge in [-0.05, 0) is 23.3 Å². The summed E-state index contributed by atoms with van der Waals surface area (Å²) in [4.78, 5) is 22.5.